The van der Waals surface area contributed by atoms with E-state index in [-0.39, 0.29) is 17.2 Å². The molecule has 0 unspecified atom stereocenters. The number of anilines is 1. The maximum absolute atomic E-state index is 13.8. The largest absolute Gasteiger partial charge is 0.363 e. The van der Waals surface area contributed by atoms with E-state index in [9.17, 15) is 4.39 Å². The summed E-state index contributed by atoms with van der Waals surface area (Å²) in [4.78, 5) is 7.80. The summed E-state index contributed by atoms with van der Waals surface area (Å²) in [5.74, 6) is 0.405. The zero-order valence-corrected chi connectivity index (χ0v) is 10.6. The van der Waals surface area contributed by atoms with Crippen LogP contribution in [0.2, 0.25) is 0 Å². The van der Waals surface area contributed by atoms with Gasteiger partial charge in [0.25, 0.3) is 0 Å². The van der Waals surface area contributed by atoms with Crippen molar-refractivity contribution in [3.05, 3.63) is 17.8 Å². The Bertz CT molecular complexity index is 355. The zero-order chi connectivity index (χ0) is 12.2. The van der Waals surface area contributed by atoms with Crippen LogP contribution in [0.3, 0.4) is 0 Å². The van der Waals surface area contributed by atoms with Crippen LogP contribution in [0.5, 0.6) is 0 Å². The van der Waals surface area contributed by atoms with Crippen LogP contribution in [0.25, 0.3) is 0 Å². The van der Waals surface area contributed by atoms with E-state index in [4.69, 9.17) is 11.6 Å². The Kier molecular flexibility index (Phi) is 4.47. The molecule has 0 spiro atoms. The summed E-state index contributed by atoms with van der Waals surface area (Å²) in [5.41, 5.74) is 0.154. The second-order valence-corrected chi connectivity index (χ2v) is 4.66. The average molecular weight is 246 g/mol. The van der Waals surface area contributed by atoms with Gasteiger partial charge in [-0.1, -0.05) is 6.92 Å². The van der Waals surface area contributed by atoms with Crippen molar-refractivity contribution in [2.24, 2.45) is 0 Å². The van der Waals surface area contributed by atoms with Crippen molar-refractivity contribution in [1.82, 2.24) is 9.97 Å². The molecule has 0 radical (unpaired) electrons. The number of aryl methyl sites for hydroxylation is 1. The van der Waals surface area contributed by atoms with Gasteiger partial charge in [0, 0.05) is 11.4 Å². The minimum Gasteiger partial charge on any atom is -0.363 e. The van der Waals surface area contributed by atoms with Crippen molar-refractivity contribution < 1.29 is 4.39 Å². The fourth-order valence-corrected chi connectivity index (χ4v) is 1.83. The van der Waals surface area contributed by atoms with Gasteiger partial charge in [-0.25, -0.2) is 14.4 Å². The first-order valence-electron chi connectivity index (χ1n) is 5.33. The number of halogens is 2. The first-order chi connectivity index (χ1) is 7.50. The highest BCUT2D eigenvalue weighted by molar-refractivity contribution is 6.17. The van der Waals surface area contributed by atoms with E-state index in [1.165, 1.54) is 6.33 Å². The molecular formula is C11H17ClFN3. The molecule has 0 bridgehead atoms. The summed E-state index contributed by atoms with van der Waals surface area (Å²) < 4.78 is 13.8. The normalized spacial score (nSPS) is 11.6. The van der Waals surface area contributed by atoms with Gasteiger partial charge in [-0.2, -0.15) is 0 Å². The quantitative estimate of drug-likeness (QED) is 0.811. The van der Waals surface area contributed by atoms with Crippen molar-refractivity contribution in [3.63, 3.8) is 0 Å². The van der Waals surface area contributed by atoms with Gasteiger partial charge >= 0.3 is 0 Å². The monoisotopic (exact) mass is 245 g/mol. The van der Waals surface area contributed by atoms with Crippen LogP contribution < -0.4 is 5.32 Å². The molecule has 0 fully saturated rings. The van der Waals surface area contributed by atoms with Crippen LogP contribution >= 0.6 is 11.6 Å². The van der Waals surface area contributed by atoms with Crippen LogP contribution in [-0.4, -0.2) is 21.4 Å². The highest BCUT2D eigenvalue weighted by atomic mass is 35.5. The second kappa shape index (κ2) is 5.43. The van der Waals surface area contributed by atoms with Crippen molar-refractivity contribution in [3.8, 4) is 0 Å². The molecule has 0 atom stereocenters. The van der Waals surface area contributed by atoms with E-state index in [0.29, 0.717) is 18.0 Å². The molecule has 1 N–H and O–H groups in total. The lowest BCUT2D eigenvalue weighted by molar-refractivity contribution is 0.530. The van der Waals surface area contributed by atoms with Crippen molar-refractivity contribution >= 4 is 17.4 Å². The summed E-state index contributed by atoms with van der Waals surface area (Å²) in [5, 5.41) is 3.05. The molecule has 0 aromatic carbocycles. The van der Waals surface area contributed by atoms with Crippen molar-refractivity contribution in [2.45, 2.75) is 39.2 Å². The summed E-state index contributed by atoms with van der Waals surface area (Å²) in [6.45, 7) is 5.78. The molecule has 16 heavy (non-hydrogen) atoms. The van der Waals surface area contributed by atoms with E-state index >= 15 is 0 Å². The zero-order valence-electron chi connectivity index (χ0n) is 9.85. The van der Waals surface area contributed by atoms with Gasteiger partial charge in [-0.15, -0.1) is 11.6 Å². The molecule has 0 amide bonds. The lowest BCUT2D eigenvalue weighted by Gasteiger charge is -2.26. The molecule has 0 aliphatic heterocycles. The summed E-state index contributed by atoms with van der Waals surface area (Å²) in [6, 6.07) is 0. The molecule has 90 valence electrons. The Morgan fingerprint density at radius 2 is 2.12 bits per heavy atom. The van der Waals surface area contributed by atoms with E-state index in [1.807, 2.05) is 20.8 Å². The third-order valence-electron chi connectivity index (χ3n) is 2.37. The molecule has 1 aromatic heterocycles. The highest BCUT2D eigenvalue weighted by Crippen LogP contribution is 2.20. The lowest BCUT2D eigenvalue weighted by atomic mass is 10.0. The Morgan fingerprint density at radius 3 is 2.69 bits per heavy atom. The smallest absolute Gasteiger partial charge is 0.186 e. The van der Waals surface area contributed by atoms with Crippen LogP contribution in [0.1, 0.15) is 32.9 Å². The van der Waals surface area contributed by atoms with E-state index in [1.54, 1.807) is 0 Å². The summed E-state index contributed by atoms with van der Waals surface area (Å²) in [7, 11) is 0. The van der Waals surface area contributed by atoms with Crippen molar-refractivity contribution in [1.29, 1.82) is 0 Å². The van der Waals surface area contributed by atoms with Gasteiger partial charge in [0.05, 0.1) is 5.69 Å². The van der Waals surface area contributed by atoms with Crippen LogP contribution in [0.15, 0.2) is 6.33 Å². The fraction of sp³-hybridized carbons (Fsp3) is 0.636. The molecule has 0 aliphatic carbocycles. The summed E-state index contributed by atoms with van der Waals surface area (Å²) in [6.07, 6.45) is 2.67. The van der Waals surface area contributed by atoms with Gasteiger partial charge in [0.1, 0.15) is 6.33 Å². The van der Waals surface area contributed by atoms with Gasteiger partial charge in [0.15, 0.2) is 11.6 Å². The number of alkyl halides is 1. The van der Waals surface area contributed by atoms with Gasteiger partial charge < -0.3 is 5.32 Å². The van der Waals surface area contributed by atoms with Crippen LogP contribution in [0.4, 0.5) is 10.2 Å². The molecule has 1 aromatic rings. The van der Waals surface area contributed by atoms with Crippen molar-refractivity contribution in [2.75, 3.05) is 11.2 Å². The van der Waals surface area contributed by atoms with E-state index < -0.39 is 0 Å². The Morgan fingerprint density at radius 1 is 1.44 bits per heavy atom. The topological polar surface area (TPSA) is 37.8 Å². The lowest BCUT2D eigenvalue weighted by Crippen LogP contribution is -2.32. The molecular weight excluding hydrogens is 229 g/mol. The van der Waals surface area contributed by atoms with Crippen LogP contribution in [-0.2, 0) is 6.42 Å². The summed E-state index contributed by atoms with van der Waals surface area (Å²) >= 11 is 5.68. The van der Waals surface area contributed by atoms with E-state index in [2.05, 4.69) is 15.3 Å². The molecule has 5 heteroatoms. The number of aromatic nitrogens is 2. The maximum Gasteiger partial charge on any atom is 0.186 e. The minimum absolute atomic E-state index is 0.252. The predicted octanol–water partition coefficient (Wildman–Crippen LogP) is 3.00. The van der Waals surface area contributed by atoms with Crippen LogP contribution in [0, 0.1) is 5.82 Å². The third-order valence-corrected chi connectivity index (χ3v) is 2.56. The first-order valence-corrected chi connectivity index (χ1v) is 5.87. The Balaban J connectivity index is 2.89. The molecule has 1 rings (SSSR count). The standard InChI is InChI=1S/C11H17ClFN3/c1-4-8-9(13)10(15-7-14-8)16-11(2,3)5-6-12/h7H,4-6H2,1-3H3,(H,14,15,16). The molecule has 0 saturated heterocycles. The number of rotatable bonds is 5. The number of hydrogen-bond acceptors (Lipinski definition) is 3. The maximum atomic E-state index is 13.8. The van der Waals surface area contributed by atoms with E-state index in [0.717, 1.165) is 6.42 Å². The molecule has 3 nitrogen and oxygen atoms in total. The van der Waals surface area contributed by atoms with Gasteiger partial charge in [-0.3, -0.25) is 0 Å². The Hall–Kier alpha value is -0.900. The molecule has 1 heterocycles. The fourth-order valence-electron chi connectivity index (χ4n) is 1.36. The Labute approximate surface area is 100 Å². The van der Waals surface area contributed by atoms with Gasteiger partial charge in [0.2, 0.25) is 0 Å². The SMILES string of the molecule is CCc1ncnc(NC(C)(C)CCCl)c1F. The third kappa shape index (κ3) is 3.30. The molecule has 0 saturated carbocycles. The first kappa shape index (κ1) is 13.2. The van der Waals surface area contributed by atoms with Gasteiger partial charge in [-0.05, 0) is 26.7 Å². The highest BCUT2D eigenvalue weighted by Gasteiger charge is 2.20. The minimum atomic E-state index is -0.368. The number of nitrogens with zero attached hydrogens (tertiary/aromatic N) is 2. The number of nitrogens with one attached hydrogen (secondary N) is 1. The molecule has 0 aliphatic rings. The predicted molar refractivity (Wildman–Crippen MR) is 64.4 cm³/mol. The average Bonchev–Trinajstić information content (AvgIpc) is 2.21. The number of hydrogen-bond donors (Lipinski definition) is 1. The second-order valence-electron chi connectivity index (χ2n) is 4.28.